The zero-order valence-electron chi connectivity index (χ0n) is 12.9. The van der Waals surface area contributed by atoms with Crippen LogP contribution in [0.2, 0.25) is 0 Å². The van der Waals surface area contributed by atoms with Crippen LogP contribution in [0.4, 0.5) is 0 Å². The van der Waals surface area contributed by atoms with Crippen LogP contribution in [0.25, 0.3) is 0 Å². The summed E-state index contributed by atoms with van der Waals surface area (Å²) in [6.45, 7) is 8.15. The molecule has 0 bridgehead atoms. The first-order valence-corrected chi connectivity index (χ1v) is 7.79. The highest BCUT2D eigenvalue weighted by atomic mass is 16.5. The number of rotatable bonds is 6. The molecule has 1 aromatic rings. The van der Waals surface area contributed by atoms with Crippen LogP contribution >= 0.6 is 0 Å². The van der Waals surface area contributed by atoms with E-state index in [4.69, 9.17) is 9.47 Å². The van der Waals surface area contributed by atoms with Gasteiger partial charge in [-0.1, -0.05) is 19.1 Å². The van der Waals surface area contributed by atoms with E-state index in [1.807, 2.05) is 0 Å². The summed E-state index contributed by atoms with van der Waals surface area (Å²) in [5, 5.41) is 3.71. The first-order valence-electron chi connectivity index (χ1n) is 7.79. The lowest BCUT2D eigenvalue weighted by atomic mass is 10.0. The Balaban J connectivity index is 1.86. The Bertz CT molecular complexity index is 390. The average Bonchev–Trinajstić information content (AvgIpc) is 2.45. The molecule has 3 unspecified atom stereocenters. The molecule has 1 N–H and O–H groups in total. The van der Waals surface area contributed by atoms with Gasteiger partial charge in [0.15, 0.2) is 0 Å². The molecule has 0 spiro atoms. The molecule has 1 aliphatic heterocycles. The molecule has 0 saturated carbocycles. The first-order chi connectivity index (χ1) is 9.69. The SMILES string of the molecule is CCCOc1ccc(C(C)NC2CCOC(C)C2)cc1. The zero-order valence-corrected chi connectivity index (χ0v) is 12.9. The summed E-state index contributed by atoms with van der Waals surface area (Å²) in [6.07, 6.45) is 3.62. The van der Waals surface area contributed by atoms with Crippen molar-refractivity contribution in [3.05, 3.63) is 29.8 Å². The predicted octanol–water partition coefficient (Wildman–Crippen LogP) is 3.69. The van der Waals surface area contributed by atoms with Crippen molar-refractivity contribution in [3.63, 3.8) is 0 Å². The maximum absolute atomic E-state index is 5.62. The van der Waals surface area contributed by atoms with Crippen LogP contribution in [0.1, 0.15) is 51.6 Å². The lowest BCUT2D eigenvalue weighted by Crippen LogP contribution is -2.39. The number of ether oxygens (including phenoxy) is 2. The van der Waals surface area contributed by atoms with Crippen LogP contribution in [0, 0.1) is 0 Å². The van der Waals surface area contributed by atoms with Crippen molar-refractivity contribution in [1.82, 2.24) is 5.32 Å². The molecule has 20 heavy (non-hydrogen) atoms. The Hall–Kier alpha value is -1.06. The summed E-state index contributed by atoms with van der Waals surface area (Å²) in [7, 11) is 0. The average molecular weight is 277 g/mol. The third-order valence-corrected chi connectivity index (χ3v) is 3.82. The van der Waals surface area contributed by atoms with E-state index in [0.717, 1.165) is 38.2 Å². The summed E-state index contributed by atoms with van der Waals surface area (Å²) < 4.78 is 11.2. The van der Waals surface area contributed by atoms with Crippen molar-refractivity contribution in [2.45, 2.75) is 58.2 Å². The monoisotopic (exact) mass is 277 g/mol. The maximum atomic E-state index is 5.62. The van der Waals surface area contributed by atoms with Gasteiger partial charge in [-0.3, -0.25) is 0 Å². The lowest BCUT2D eigenvalue weighted by Gasteiger charge is -2.30. The van der Waals surface area contributed by atoms with Crippen LogP contribution in [0.5, 0.6) is 5.75 Å². The largest absolute Gasteiger partial charge is 0.494 e. The highest BCUT2D eigenvalue weighted by Gasteiger charge is 2.20. The molecule has 3 heteroatoms. The fraction of sp³-hybridized carbons (Fsp3) is 0.647. The van der Waals surface area contributed by atoms with E-state index in [2.05, 4.69) is 50.4 Å². The fourth-order valence-corrected chi connectivity index (χ4v) is 2.67. The summed E-state index contributed by atoms with van der Waals surface area (Å²) in [6, 6.07) is 9.37. The molecule has 1 fully saturated rings. The van der Waals surface area contributed by atoms with Gasteiger partial charge in [-0.2, -0.15) is 0 Å². The van der Waals surface area contributed by atoms with Crippen LogP contribution in [0.3, 0.4) is 0 Å². The van der Waals surface area contributed by atoms with E-state index in [9.17, 15) is 0 Å². The van der Waals surface area contributed by atoms with Gasteiger partial charge >= 0.3 is 0 Å². The molecule has 1 aromatic carbocycles. The van der Waals surface area contributed by atoms with Gasteiger partial charge in [-0.25, -0.2) is 0 Å². The molecular formula is C17H27NO2. The Kier molecular flexibility index (Phi) is 5.86. The minimum Gasteiger partial charge on any atom is -0.494 e. The number of hydrogen-bond acceptors (Lipinski definition) is 3. The molecule has 1 saturated heterocycles. The first kappa shape index (κ1) is 15.3. The molecule has 0 aromatic heterocycles. The molecule has 0 amide bonds. The molecule has 0 radical (unpaired) electrons. The van der Waals surface area contributed by atoms with Crippen LogP contribution in [-0.2, 0) is 4.74 Å². The topological polar surface area (TPSA) is 30.5 Å². The van der Waals surface area contributed by atoms with Gasteiger partial charge in [0.05, 0.1) is 12.7 Å². The van der Waals surface area contributed by atoms with Gasteiger partial charge in [0.2, 0.25) is 0 Å². The summed E-state index contributed by atoms with van der Waals surface area (Å²) in [5.41, 5.74) is 1.31. The molecule has 1 heterocycles. The molecule has 0 aliphatic carbocycles. The highest BCUT2D eigenvalue weighted by Crippen LogP contribution is 2.21. The summed E-state index contributed by atoms with van der Waals surface area (Å²) in [4.78, 5) is 0. The molecule has 3 nitrogen and oxygen atoms in total. The molecule has 2 rings (SSSR count). The second-order valence-electron chi connectivity index (χ2n) is 5.71. The second-order valence-corrected chi connectivity index (χ2v) is 5.71. The fourth-order valence-electron chi connectivity index (χ4n) is 2.67. The summed E-state index contributed by atoms with van der Waals surface area (Å²) in [5.74, 6) is 0.961. The van der Waals surface area contributed by atoms with Gasteiger partial charge in [-0.15, -0.1) is 0 Å². The van der Waals surface area contributed by atoms with Crippen LogP contribution in [-0.4, -0.2) is 25.4 Å². The Morgan fingerprint density at radius 1 is 1.35 bits per heavy atom. The molecule has 112 valence electrons. The molecule has 3 atom stereocenters. The predicted molar refractivity (Wildman–Crippen MR) is 82.2 cm³/mol. The molecule has 1 aliphatic rings. The summed E-state index contributed by atoms with van der Waals surface area (Å²) >= 11 is 0. The van der Waals surface area contributed by atoms with Crippen molar-refractivity contribution >= 4 is 0 Å². The number of benzene rings is 1. The third kappa shape index (κ3) is 4.50. The van der Waals surface area contributed by atoms with Gasteiger partial charge < -0.3 is 14.8 Å². The van der Waals surface area contributed by atoms with Crippen molar-refractivity contribution in [3.8, 4) is 5.75 Å². The number of nitrogens with one attached hydrogen (secondary N) is 1. The highest BCUT2D eigenvalue weighted by molar-refractivity contribution is 5.29. The van der Waals surface area contributed by atoms with E-state index >= 15 is 0 Å². The van der Waals surface area contributed by atoms with Crippen LogP contribution < -0.4 is 10.1 Å². The normalized spacial score (nSPS) is 24.4. The van der Waals surface area contributed by atoms with E-state index in [1.54, 1.807) is 0 Å². The van der Waals surface area contributed by atoms with E-state index in [1.165, 1.54) is 5.56 Å². The van der Waals surface area contributed by atoms with Crippen molar-refractivity contribution in [2.24, 2.45) is 0 Å². The minimum absolute atomic E-state index is 0.366. The Labute approximate surface area is 122 Å². The smallest absolute Gasteiger partial charge is 0.119 e. The third-order valence-electron chi connectivity index (χ3n) is 3.82. The van der Waals surface area contributed by atoms with Crippen molar-refractivity contribution < 1.29 is 9.47 Å². The van der Waals surface area contributed by atoms with E-state index < -0.39 is 0 Å². The van der Waals surface area contributed by atoms with Crippen molar-refractivity contribution in [1.29, 1.82) is 0 Å². The number of hydrogen-bond donors (Lipinski definition) is 1. The van der Waals surface area contributed by atoms with Gasteiger partial charge in [-0.05, 0) is 50.8 Å². The zero-order chi connectivity index (χ0) is 14.4. The Morgan fingerprint density at radius 3 is 2.75 bits per heavy atom. The molecular weight excluding hydrogens is 250 g/mol. The van der Waals surface area contributed by atoms with E-state index in [0.29, 0.717) is 18.2 Å². The maximum Gasteiger partial charge on any atom is 0.119 e. The minimum atomic E-state index is 0.366. The van der Waals surface area contributed by atoms with Gasteiger partial charge in [0, 0.05) is 18.7 Å². The second kappa shape index (κ2) is 7.65. The van der Waals surface area contributed by atoms with Crippen molar-refractivity contribution in [2.75, 3.05) is 13.2 Å². The van der Waals surface area contributed by atoms with Gasteiger partial charge in [0.25, 0.3) is 0 Å². The quantitative estimate of drug-likeness (QED) is 0.860. The van der Waals surface area contributed by atoms with Crippen LogP contribution in [0.15, 0.2) is 24.3 Å². The Morgan fingerprint density at radius 2 is 2.10 bits per heavy atom. The van der Waals surface area contributed by atoms with E-state index in [-0.39, 0.29) is 0 Å². The standard InChI is InChI=1S/C17H27NO2/c1-4-10-20-17-7-5-15(6-8-17)14(3)18-16-9-11-19-13(2)12-16/h5-8,13-14,16,18H,4,9-12H2,1-3H3. The lowest BCUT2D eigenvalue weighted by molar-refractivity contribution is 0.0116. The van der Waals surface area contributed by atoms with Gasteiger partial charge in [0.1, 0.15) is 5.75 Å².